The van der Waals surface area contributed by atoms with Crippen molar-refractivity contribution in [2.75, 3.05) is 26.8 Å². The van der Waals surface area contributed by atoms with Gasteiger partial charge in [0.2, 0.25) is 0 Å². The molecule has 0 aliphatic carbocycles. The summed E-state index contributed by atoms with van der Waals surface area (Å²) in [5, 5.41) is 1.11. The Balaban J connectivity index is 2.00. The van der Waals surface area contributed by atoms with Crippen molar-refractivity contribution >= 4 is 28.6 Å². The Kier molecular flexibility index (Phi) is 6.98. The molecule has 0 saturated carbocycles. The van der Waals surface area contributed by atoms with E-state index in [1.807, 2.05) is 27.7 Å². The molecule has 0 bridgehead atoms. The van der Waals surface area contributed by atoms with Crippen molar-refractivity contribution < 1.29 is 18.7 Å². The molecule has 2 aromatic rings. The predicted octanol–water partition coefficient (Wildman–Crippen LogP) is 5.89. The second-order valence-corrected chi connectivity index (χ2v) is 9.43. The number of likely N-dealkylation sites (tertiary alicyclic amines) is 1. The molecule has 1 fully saturated rings. The molecule has 2 heterocycles. The molecule has 30 heavy (non-hydrogen) atoms. The van der Waals surface area contributed by atoms with Crippen molar-refractivity contribution in [2.24, 2.45) is 0 Å². The molecular weight excluding hydrogens is 407 g/mol. The largest absolute Gasteiger partial charge is 0.444 e. The van der Waals surface area contributed by atoms with Crippen LogP contribution in [0.15, 0.2) is 12.1 Å². The van der Waals surface area contributed by atoms with Crippen LogP contribution in [0, 0.1) is 12.7 Å². The zero-order valence-electron chi connectivity index (χ0n) is 18.6. The summed E-state index contributed by atoms with van der Waals surface area (Å²) in [6, 6.07) is 3.04. The first-order chi connectivity index (χ1) is 14.1. The lowest BCUT2D eigenvalue weighted by atomic mass is 9.92. The fourth-order valence-corrected chi connectivity index (χ4v) is 4.69. The normalized spacial score (nSPS) is 17.6. The van der Waals surface area contributed by atoms with E-state index < -0.39 is 5.60 Å². The van der Waals surface area contributed by atoms with Gasteiger partial charge in [-0.25, -0.2) is 9.18 Å². The van der Waals surface area contributed by atoms with E-state index in [0.29, 0.717) is 36.7 Å². The first kappa shape index (κ1) is 22.9. The van der Waals surface area contributed by atoms with E-state index in [1.165, 1.54) is 6.07 Å². The molecule has 1 atom stereocenters. The SMILES string of the molecule is COCCCn1c(C2CCCN(C(=O)OC(C)(C)C)C2)c(C)c2c(F)ccc(Cl)c21. The smallest absolute Gasteiger partial charge is 0.410 e. The van der Waals surface area contributed by atoms with Crippen molar-refractivity contribution in [1.29, 1.82) is 0 Å². The number of rotatable bonds is 5. The highest BCUT2D eigenvalue weighted by Crippen LogP contribution is 2.39. The minimum atomic E-state index is -0.536. The average Bonchev–Trinajstić information content (AvgIpc) is 2.97. The molecule has 1 saturated heterocycles. The van der Waals surface area contributed by atoms with Crippen LogP contribution in [0.4, 0.5) is 9.18 Å². The number of halogens is 2. The standard InChI is InChI=1S/C23H32ClFN2O3/c1-15-19-18(25)10-9-17(24)21(19)27(12-7-13-29-5)20(15)16-8-6-11-26(14-16)22(28)30-23(2,3)4/h9-10,16H,6-8,11-14H2,1-5H3. The van der Waals surface area contributed by atoms with E-state index in [2.05, 4.69) is 4.57 Å². The molecule has 1 amide bonds. The molecule has 0 N–H and O–H groups in total. The zero-order valence-corrected chi connectivity index (χ0v) is 19.3. The lowest BCUT2D eigenvalue weighted by molar-refractivity contribution is 0.0196. The Morgan fingerprint density at radius 3 is 2.73 bits per heavy atom. The number of fused-ring (bicyclic) bond motifs is 1. The number of amides is 1. The van der Waals surface area contributed by atoms with Crippen LogP contribution in [-0.2, 0) is 16.0 Å². The van der Waals surface area contributed by atoms with E-state index in [9.17, 15) is 9.18 Å². The molecular formula is C23H32ClFN2O3. The number of benzene rings is 1. The molecule has 0 spiro atoms. The molecule has 1 aliphatic heterocycles. The summed E-state index contributed by atoms with van der Waals surface area (Å²) in [6.45, 7) is 10.1. The average molecular weight is 439 g/mol. The third kappa shape index (κ3) is 4.75. The number of carbonyl (C=O) groups excluding carboxylic acids is 1. The van der Waals surface area contributed by atoms with Crippen LogP contribution in [0.5, 0.6) is 0 Å². The minimum Gasteiger partial charge on any atom is -0.444 e. The van der Waals surface area contributed by atoms with E-state index in [4.69, 9.17) is 21.1 Å². The van der Waals surface area contributed by atoms with Gasteiger partial charge in [0.25, 0.3) is 0 Å². The summed E-state index contributed by atoms with van der Waals surface area (Å²) in [7, 11) is 1.67. The van der Waals surface area contributed by atoms with Gasteiger partial charge >= 0.3 is 6.09 Å². The first-order valence-electron chi connectivity index (χ1n) is 10.6. The predicted molar refractivity (Wildman–Crippen MR) is 118 cm³/mol. The van der Waals surface area contributed by atoms with Crippen LogP contribution in [0.3, 0.4) is 0 Å². The van der Waals surface area contributed by atoms with Gasteiger partial charge < -0.3 is 18.9 Å². The van der Waals surface area contributed by atoms with Crippen LogP contribution in [0.1, 0.15) is 57.2 Å². The van der Waals surface area contributed by atoms with Crippen LogP contribution < -0.4 is 0 Å². The number of aryl methyl sites for hydroxylation is 2. The molecule has 0 radical (unpaired) electrons. The monoisotopic (exact) mass is 438 g/mol. The molecule has 1 unspecified atom stereocenters. The molecule has 3 rings (SSSR count). The second kappa shape index (κ2) is 9.15. The molecule has 1 aliphatic rings. The van der Waals surface area contributed by atoms with E-state index in [0.717, 1.165) is 36.0 Å². The Bertz CT molecular complexity index is 920. The van der Waals surface area contributed by atoms with Crippen molar-refractivity contribution in [3.63, 3.8) is 0 Å². The highest BCUT2D eigenvalue weighted by molar-refractivity contribution is 6.35. The number of ether oxygens (including phenoxy) is 2. The summed E-state index contributed by atoms with van der Waals surface area (Å²) in [6.07, 6.45) is 2.30. The highest BCUT2D eigenvalue weighted by atomic mass is 35.5. The van der Waals surface area contributed by atoms with E-state index in [-0.39, 0.29) is 17.8 Å². The number of hydrogen-bond donors (Lipinski definition) is 0. The third-order valence-electron chi connectivity index (χ3n) is 5.59. The Hall–Kier alpha value is -1.79. The van der Waals surface area contributed by atoms with Crippen LogP contribution in [-0.4, -0.2) is 48.0 Å². The molecule has 1 aromatic carbocycles. The molecule has 5 nitrogen and oxygen atoms in total. The van der Waals surface area contributed by atoms with Crippen LogP contribution in [0.2, 0.25) is 5.02 Å². The van der Waals surface area contributed by atoms with Gasteiger partial charge in [0.1, 0.15) is 11.4 Å². The summed E-state index contributed by atoms with van der Waals surface area (Å²) in [5.41, 5.74) is 2.15. The fraction of sp³-hybridized carbons (Fsp3) is 0.609. The van der Waals surface area contributed by atoms with Gasteiger partial charge in [-0.15, -0.1) is 0 Å². The van der Waals surface area contributed by atoms with Crippen molar-refractivity contribution in [1.82, 2.24) is 9.47 Å². The number of nitrogens with zero attached hydrogens (tertiary/aromatic N) is 2. The maximum Gasteiger partial charge on any atom is 0.410 e. The van der Waals surface area contributed by atoms with Crippen molar-refractivity contribution in [3.8, 4) is 0 Å². The zero-order chi connectivity index (χ0) is 22.1. The number of hydrogen-bond acceptors (Lipinski definition) is 3. The quantitative estimate of drug-likeness (QED) is 0.546. The summed E-state index contributed by atoms with van der Waals surface area (Å²) in [4.78, 5) is 14.4. The van der Waals surface area contributed by atoms with Gasteiger partial charge in [-0.1, -0.05) is 11.6 Å². The van der Waals surface area contributed by atoms with Gasteiger partial charge in [-0.3, -0.25) is 0 Å². The molecule has 7 heteroatoms. The summed E-state index contributed by atoms with van der Waals surface area (Å²) >= 11 is 6.52. The Morgan fingerprint density at radius 2 is 2.07 bits per heavy atom. The van der Waals surface area contributed by atoms with Crippen LogP contribution >= 0.6 is 11.6 Å². The topological polar surface area (TPSA) is 43.7 Å². The third-order valence-corrected chi connectivity index (χ3v) is 5.89. The van der Waals surface area contributed by atoms with Gasteiger partial charge in [-0.05, 0) is 64.7 Å². The van der Waals surface area contributed by atoms with E-state index in [1.54, 1.807) is 18.1 Å². The van der Waals surface area contributed by atoms with Gasteiger partial charge in [0.15, 0.2) is 0 Å². The Labute approximate surface area is 183 Å². The lowest BCUT2D eigenvalue weighted by Crippen LogP contribution is -2.42. The molecule has 1 aromatic heterocycles. The maximum atomic E-state index is 14.8. The number of aromatic nitrogens is 1. The van der Waals surface area contributed by atoms with E-state index >= 15 is 0 Å². The van der Waals surface area contributed by atoms with Crippen LogP contribution in [0.25, 0.3) is 10.9 Å². The first-order valence-corrected chi connectivity index (χ1v) is 11.0. The van der Waals surface area contributed by atoms with Gasteiger partial charge in [-0.2, -0.15) is 0 Å². The maximum absolute atomic E-state index is 14.8. The summed E-state index contributed by atoms with van der Waals surface area (Å²) < 4.78 is 27.7. The highest BCUT2D eigenvalue weighted by Gasteiger charge is 2.32. The minimum absolute atomic E-state index is 0.0941. The number of methoxy groups -OCH3 is 1. The second-order valence-electron chi connectivity index (χ2n) is 9.03. The Morgan fingerprint density at radius 1 is 1.33 bits per heavy atom. The fourth-order valence-electron chi connectivity index (χ4n) is 4.43. The lowest BCUT2D eigenvalue weighted by Gasteiger charge is -2.35. The van der Waals surface area contributed by atoms with Crippen molar-refractivity contribution in [3.05, 3.63) is 34.2 Å². The van der Waals surface area contributed by atoms with Crippen molar-refractivity contribution in [2.45, 2.75) is 65.0 Å². The summed E-state index contributed by atoms with van der Waals surface area (Å²) in [5.74, 6) is -0.171. The number of carbonyl (C=O) groups is 1. The molecule has 166 valence electrons. The van der Waals surface area contributed by atoms with Gasteiger partial charge in [0, 0.05) is 50.3 Å². The number of piperidine rings is 1. The van der Waals surface area contributed by atoms with Gasteiger partial charge in [0.05, 0.1) is 10.5 Å².